The zero-order chi connectivity index (χ0) is 10.1. The van der Waals surface area contributed by atoms with Crippen molar-refractivity contribution in [1.82, 2.24) is 0 Å². The van der Waals surface area contributed by atoms with E-state index in [1.165, 1.54) is 11.3 Å². The molecule has 0 radical (unpaired) electrons. The van der Waals surface area contributed by atoms with Crippen molar-refractivity contribution < 1.29 is 4.74 Å². The molecule has 0 bridgehead atoms. The van der Waals surface area contributed by atoms with Gasteiger partial charge in [-0.2, -0.15) is 5.26 Å². The number of benzene rings is 1. The van der Waals surface area contributed by atoms with Gasteiger partial charge in [-0.05, 0) is 17.5 Å². The highest BCUT2D eigenvalue weighted by Gasteiger charge is 2.09. The van der Waals surface area contributed by atoms with Crippen molar-refractivity contribution in [3.05, 3.63) is 23.1 Å². The normalized spacial score (nSPS) is 10.1. The van der Waals surface area contributed by atoms with Gasteiger partial charge in [0.25, 0.3) is 0 Å². The van der Waals surface area contributed by atoms with E-state index >= 15 is 0 Å². The fourth-order valence-electron chi connectivity index (χ4n) is 1.32. The Kier molecular flexibility index (Phi) is 2.36. The molecular weight excluding hydrogens is 214 g/mol. The van der Waals surface area contributed by atoms with Crippen LogP contribution in [0.2, 0.25) is 0 Å². The molecule has 0 aliphatic carbocycles. The fourth-order valence-corrected chi connectivity index (χ4v) is 2.65. The molecule has 0 fully saturated rings. The second-order valence-corrected chi connectivity index (χ2v) is 4.29. The molecule has 0 saturated heterocycles. The molecule has 0 N–H and O–H groups in total. The van der Waals surface area contributed by atoms with Crippen molar-refractivity contribution in [1.29, 1.82) is 5.26 Å². The van der Waals surface area contributed by atoms with Crippen LogP contribution in [0.3, 0.4) is 0 Å². The van der Waals surface area contributed by atoms with Crippen LogP contribution >= 0.6 is 24.0 Å². The Morgan fingerprint density at radius 2 is 2.29 bits per heavy atom. The quantitative estimate of drug-likeness (QED) is 0.751. The lowest BCUT2D eigenvalue weighted by Gasteiger charge is -2.03. The summed E-state index contributed by atoms with van der Waals surface area (Å²) in [5.41, 5.74) is 0. The molecule has 1 heterocycles. The Bertz CT molecular complexity index is 525. The number of methoxy groups -OCH3 is 1. The van der Waals surface area contributed by atoms with Gasteiger partial charge in [0.05, 0.1) is 11.8 Å². The minimum Gasteiger partial charge on any atom is -0.494 e. The highest BCUT2D eigenvalue weighted by atomic mass is 32.1. The predicted octanol–water partition coefficient (Wildman–Crippen LogP) is 3.07. The van der Waals surface area contributed by atoms with E-state index in [0.717, 1.165) is 20.7 Å². The fraction of sp³-hybridized carbons (Fsp3) is 0.100. The first-order valence-corrected chi connectivity index (χ1v) is 5.22. The van der Waals surface area contributed by atoms with Crippen molar-refractivity contribution in [2.75, 3.05) is 7.11 Å². The maximum Gasteiger partial charge on any atom is 0.149 e. The van der Waals surface area contributed by atoms with Crippen molar-refractivity contribution in [2.24, 2.45) is 0 Å². The van der Waals surface area contributed by atoms with Crippen LogP contribution in [0.5, 0.6) is 5.75 Å². The maximum atomic E-state index is 8.77. The third kappa shape index (κ3) is 1.35. The van der Waals surface area contributed by atoms with Crippen LogP contribution < -0.4 is 4.74 Å². The number of nitriles is 1. The van der Waals surface area contributed by atoms with E-state index < -0.39 is 0 Å². The average Bonchev–Trinajstić information content (AvgIpc) is 2.60. The largest absolute Gasteiger partial charge is 0.494 e. The number of thiol groups is 1. The molecule has 0 spiro atoms. The minimum atomic E-state index is 0.692. The number of rotatable bonds is 1. The first-order valence-electron chi connectivity index (χ1n) is 3.96. The maximum absolute atomic E-state index is 8.77. The van der Waals surface area contributed by atoms with Crippen LogP contribution in [0.4, 0.5) is 0 Å². The Morgan fingerprint density at radius 3 is 2.93 bits per heavy atom. The van der Waals surface area contributed by atoms with Crippen LogP contribution in [0.1, 0.15) is 4.88 Å². The van der Waals surface area contributed by atoms with Crippen LogP contribution in [0.15, 0.2) is 23.1 Å². The average molecular weight is 221 g/mol. The molecule has 0 amide bonds. The van der Waals surface area contributed by atoms with Crippen molar-refractivity contribution >= 4 is 34.1 Å². The molecule has 70 valence electrons. The number of nitrogens with zero attached hydrogens (tertiary/aromatic N) is 1. The molecule has 1 aromatic carbocycles. The number of fused-ring (bicyclic) bond motifs is 1. The molecule has 0 atom stereocenters. The standard InChI is InChI=1S/C10H7NOS2/c1-12-9-8(13)3-2-6-4-7(5-11)14-10(6)9/h2-4,13H,1H3. The topological polar surface area (TPSA) is 33.0 Å². The van der Waals surface area contributed by atoms with Crippen LogP contribution in [-0.2, 0) is 0 Å². The summed E-state index contributed by atoms with van der Waals surface area (Å²) in [6.07, 6.45) is 0. The molecule has 0 unspecified atom stereocenters. The van der Waals surface area contributed by atoms with Gasteiger partial charge in [-0.1, -0.05) is 6.07 Å². The Hall–Kier alpha value is -1.18. The minimum absolute atomic E-state index is 0.692. The van der Waals surface area contributed by atoms with Gasteiger partial charge in [-0.25, -0.2) is 0 Å². The van der Waals surface area contributed by atoms with Gasteiger partial charge < -0.3 is 4.74 Å². The summed E-state index contributed by atoms with van der Waals surface area (Å²) in [7, 11) is 1.61. The molecule has 2 rings (SSSR count). The molecule has 2 aromatic rings. The zero-order valence-electron chi connectivity index (χ0n) is 7.44. The summed E-state index contributed by atoms with van der Waals surface area (Å²) in [6, 6.07) is 7.80. The lowest BCUT2D eigenvalue weighted by molar-refractivity contribution is 0.411. The van der Waals surface area contributed by atoms with Gasteiger partial charge in [-0.15, -0.1) is 24.0 Å². The summed E-state index contributed by atoms with van der Waals surface area (Å²) in [4.78, 5) is 1.49. The summed E-state index contributed by atoms with van der Waals surface area (Å²) in [5.74, 6) is 0.748. The van der Waals surface area contributed by atoms with E-state index in [9.17, 15) is 0 Å². The molecular formula is C10H7NOS2. The molecule has 0 saturated carbocycles. The van der Waals surface area contributed by atoms with E-state index in [-0.39, 0.29) is 0 Å². The second kappa shape index (κ2) is 3.52. The van der Waals surface area contributed by atoms with E-state index in [0.29, 0.717) is 4.88 Å². The van der Waals surface area contributed by atoms with Crippen molar-refractivity contribution in [2.45, 2.75) is 4.90 Å². The summed E-state index contributed by atoms with van der Waals surface area (Å²) in [5, 5.41) is 9.80. The van der Waals surface area contributed by atoms with Gasteiger partial charge in [0, 0.05) is 4.90 Å². The summed E-state index contributed by atoms with van der Waals surface area (Å²) in [6.45, 7) is 0. The number of hydrogen-bond acceptors (Lipinski definition) is 4. The van der Waals surface area contributed by atoms with Crippen molar-refractivity contribution in [3.63, 3.8) is 0 Å². The van der Waals surface area contributed by atoms with E-state index in [1.54, 1.807) is 7.11 Å². The summed E-state index contributed by atoms with van der Waals surface area (Å²) < 4.78 is 6.22. The Morgan fingerprint density at radius 1 is 1.50 bits per heavy atom. The first-order chi connectivity index (χ1) is 6.76. The molecule has 1 aromatic heterocycles. The highest BCUT2D eigenvalue weighted by molar-refractivity contribution is 7.80. The Labute approximate surface area is 91.1 Å². The second-order valence-electron chi connectivity index (χ2n) is 2.76. The van der Waals surface area contributed by atoms with Gasteiger partial charge in [0.15, 0.2) is 0 Å². The van der Waals surface area contributed by atoms with Crippen molar-refractivity contribution in [3.8, 4) is 11.8 Å². The zero-order valence-corrected chi connectivity index (χ0v) is 9.15. The van der Waals surface area contributed by atoms with Gasteiger partial charge in [0.2, 0.25) is 0 Å². The SMILES string of the molecule is COc1c(S)ccc2cc(C#N)sc12. The van der Waals surface area contributed by atoms with Gasteiger partial charge in [-0.3, -0.25) is 0 Å². The third-order valence-electron chi connectivity index (χ3n) is 1.93. The molecule has 4 heteroatoms. The molecule has 0 aliphatic heterocycles. The number of hydrogen-bond donors (Lipinski definition) is 1. The Balaban J connectivity index is 2.81. The van der Waals surface area contributed by atoms with Gasteiger partial charge >= 0.3 is 0 Å². The third-order valence-corrected chi connectivity index (χ3v) is 3.34. The number of thiophene rings is 1. The van der Waals surface area contributed by atoms with Crippen LogP contribution in [0, 0.1) is 11.3 Å². The van der Waals surface area contributed by atoms with E-state index in [1.807, 2.05) is 18.2 Å². The molecule has 14 heavy (non-hydrogen) atoms. The van der Waals surface area contributed by atoms with Crippen LogP contribution in [-0.4, -0.2) is 7.11 Å². The van der Waals surface area contributed by atoms with E-state index in [4.69, 9.17) is 10.00 Å². The van der Waals surface area contributed by atoms with E-state index in [2.05, 4.69) is 18.7 Å². The molecule has 0 aliphatic rings. The highest BCUT2D eigenvalue weighted by Crippen LogP contribution is 2.37. The number of ether oxygens (including phenoxy) is 1. The van der Waals surface area contributed by atoms with Crippen LogP contribution in [0.25, 0.3) is 10.1 Å². The summed E-state index contributed by atoms with van der Waals surface area (Å²) >= 11 is 5.72. The smallest absolute Gasteiger partial charge is 0.149 e. The predicted molar refractivity (Wildman–Crippen MR) is 60.3 cm³/mol. The first kappa shape index (κ1) is 9.38. The lowest BCUT2D eigenvalue weighted by atomic mass is 10.2. The lowest BCUT2D eigenvalue weighted by Crippen LogP contribution is -1.83. The molecule has 2 nitrogen and oxygen atoms in total. The monoisotopic (exact) mass is 221 g/mol. The van der Waals surface area contributed by atoms with Gasteiger partial charge in [0.1, 0.15) is 16.7 Å².